The lowest BCUT2D eigenvalue weighted by Gasteiger charge is -2.14. The molecule has 16 heavy (non-hydrogen) atoms. The van der Waals surface area contributed by atoms with E-state index in [1.807, 2.05) is 19.1 Å². The molecular weight excluding hydrogens is 220 g/mol. The van der Waals surface area contributed by atoms with Gasteiger partial charge in [0.25, 0.3) is 0 Å². The Morgan fingerprint density at radius 2 is 2.06 bits per heavy atom. The number of benzene rings is 1. The summed E-state index contributed by atoms with van der Waals surface area (Å²) in [5, 5.41) is 4.18. The SMILES string of the molecule is Cc1cc(NCC2CCCC2)c(N)cc1Cl. The highest BCUT2D eigenvalue weighted by atomic mass is 35.5. The van der Waals surface area contributed by atoms with Gasteiger partial charge in [-0.05, 0) is 43.4 Å². The van der Waals surface area contributed by atoms with Crippen molar-refractivity contribution in [2.75, 3.05) is 17.6 Å². The summed E-state index contributed by atoms with van der Waals surface area (Å²) in [5.41, 5.74) is 8.77. The van der Waals surface area contributed by atoms with Crippen LogP contribution in [0.25, 0.3) is 0 Å². The summed E-state index contributed by atoms with van der Waals surface area (Å²) in [5.74, 6) is 0.815. The molecule has 0 heterocycles. The Bertz CT molecular complexity index is 370. The molecule has 0 radical (unpaired) electrons. The molecule has 1 aromatic rings. The average molecular weight is 239 g/mol. The minimum Gasteiger partial charge on any atom is -0.397 e. The second-order valence-electron chi connectivity index (χ2n) is 4.72. The molecule has 0 amide bonds. The minimum atomic E-state index is 0.740. The lowest BCUT2D eigenvalue weighted by Crippen LogP contribution is -2.12. The first-order valence-corrected chi connectivity index (χ1v) is 6.34. The second kappa shape index (κ2) is 4.96. The Hall–Kier alpha value is -0.890. The summed E-state index contributed by atoms with van der Waals surface area (Å²) in [6, 6.07) is 3.86. The summed E-state index contributed by atoms with van der Waals surface area (Å²) in [6.45, 7) is 3.04. The molecule has 1 aliphatic carbocycles. The van der Waals surface area contributed by atoms with Gasteiger partial charge < -0.3 is 11.1 Å². The summed E-state index contributed by atoms with van der Waals surface area (Å²) >= 11 is 6.01. The number of rotatable bonds is 3. The molecule has 1 saturated carbocycles. The fourth-order valence-corrected chi connectivity index (χ4v) is 2.49. The van der Waals surface area contributed by atoms with Crippen molar-refractivity contribution in [2.45, 2.75) is 32.6 Å². The molecule has 0 aliphatic heterocycles. The number of halogens is 1. The van der Waals surface area contributed by atoms with Crippen molar-refractivity contribution in [2.24, 2.45) is 5.92 Å². The molecule has 0 bridgehead atoms. The monoisotopic (exact) mass is 238 g/mol. The van der Waals surface area contributed by atoms with E-state index in [-0.39, 0.29) is 0 Å². The molecule has 0 aromatic heterocycles. The van der Waals surface area contributed by atoms with Crippen LogP contribution in [-0.4, -0.2) is 6.54 Å². The molecule has 2 nitrogen and oxygen atoms in total. The Kier molecular flexibility index (Phi) is 3.59. The van der Waals surface area contributed by atoms with Crippen LogP contribution < -0.4 is 11.1 Å². The molecule has 0 spiro atoms. The number of anilines is 2. The molecule has 0 saturated heterocycles. The van der Waals surface area contributed by atoms with E-state index in [0.717, 1.165) is 34.4 Å². The molecule has 1 aliphatic rings. The van der Waals surface area contributed by atoms with Crippen LogP contribution in [-0.2, 0) is 0 Å². The quantitative estimate of drug-likeness (QED) is 0.786. The molecule has 0 atom stereocenters. The van der Waals surface area contributed by atoms with Gasteiger partial charge in [0.15, 0.2) is 0 Å². The first-order valence-electron chi connectivity index (χ1n) is 5.96. The molecule has 88 valence electrons. The number of nitrogen functional groups attached to an aromatic ring is 1. The predicted octanol–water partition coefficient (Wildman–Crippen LogP) is 3.83. The molecule has 1 fully saturated rings. The van der Waals surface area contributed by atoms with Crippen molar-refractivity contribution < 1.29 is 0 Å². The van der Waals surface area contributed by atoms with Gasteiger partial charge in [-0.2, -0.15) is 0 Å². The van der Waals surface area contributed by atoms with E-state index in [4.69, 9.17) is 17.3 Å². The third kappa shape index (κ3) is 2.62. The number of hydrogen-bond donors (Lipinski definition) is 2. The Labute approximate surface area is 102 Å². The lowest BCUT2D eigenvalue weighted by molar-refractivity contribution is 0.580. The number of hydrogen-bond acceptors (Lipinski definition) is 2. The maximum absolute atomic E-state index is 6.01. The Balaban J connectivity index is 2.00. The molecule has 3 heteroatoms. The van der Waals surface area contributed by atoms with E-state index in [1.54, 1.807) is 0 Å². The van der Waals surface area contributed by atoms with Crippen molar-refractivity contribution in [3.05, 3.63) is 22.7 Å². The minimum absolute atomic E-state index is 0.740. The van der Waals surface area contributed by atoms with Gasteiger partial charge in [-0.25, -0.2) is 0 Å². The number of aryl methyl sites for hydroxylation is 1. The first kappa shape index (κ1) is 11.6. The third-order valence-corrected chi connectivity index (χ3v) is 3.79. The van der Waals surface area contributed by atoms with Gasteiger partial charge in [-0.1, -0.05) is 24.4 Å². The van der Waals surface area contributed by atoms with Crippen molar-refractivity contribution in [1.29, 1.82) is 0 Å². The predicted molar refractivity (Wildman–Crippen MR) is 71.0 cm³/mol. The number of nitrogens with one attached hydrogen (secondary N) is 1. The van der Waals surface area contributed by atoms with Crippen molar-refractivity contribution >= 4 is 23.0 Å². The molecular formula is C13H19ClN2. The molecule has 1 aromatic carbocycles. The van der Waals surface area contributed by atoms with Gasteiger partial charge in [0.05, 0.1) is 11.4 Å². The van der Waals surface area contributed by atoms with Crippen LogP contribution in [0.15, 0.2) is 12.1 Å². The molecule has 2 rings (SSSR count). The highest BCUT2D eigenvalue weighted by molar-refractivity contribution is 6.31. The van der Waals surface area contributed by atoms with E-state index >= 15 is 0 Å². The van der Waals surface area contributed by atoms with Gasteiger partial charge in [0.2, 0.25) is 0 Å². The van der Waals surface area contributed by atoms with E-state index in [9.17, 15) is 0 Å². The van der Waals surface area contributed by atoms with Gasteiger partial charge in [-0.15, -0.1) is 0 Å². The topological polar surface area (TPSA) is 38.0 Å². The zero-order valence-electron chi connectivity index (χ0n) is 9.72. The van der Waals surface area contributed by atoms with Crippen molar-refractivity contribution in [1.82, 2.24) is 0 Å². The standard InChI is InChI=1S/C13H19ClN2/c1-9-6-13(12(15)7-11(9)14)16-8-10-4-2-3-5-10/h6-7,10,16H,2-5,8,15H2,1H3. The molecule has 3 N–H and O–H groups in total. The van der Waals surface area contributed by atoms with Gasteiger partial charge in [0, 0.05) is 11.6 Å². The van der Waals surface area contributed by atoms with Crippen LogP contribution in [0.3, 0.4) is 0 Å². The fraction of sp³-hybridized carbons (Fsp3) is 0.538. The Morgan fingerprint density at radius 3 is 2.75 bits per heavy atom. The highest BCUT2D eigenvalue weighted by Gasteiger charge is 2.15. The van der Waals surface area contributed by atoms with Gasteiger partial charge in [-0.3, -0.25) is 0 Å². The normalized spacial score (nSPS) is 16.6. The van der Waals surface area contributed by atoms with Crippen LogP contribution in [0.2, 0.25) is 5.02 Å². The smallest absolute Gasteiger partial charge is 0.0577 e. The van der Waals surface area contributed by atoms with E-state index in [0.29, 0.717) is 0 Å². The maximum atomic E-state index is 6.01. The van der Waals surface area contributed by atoms with E-state index in [2.05, 4.69) is 5.32 Å². The zero-order valence-corrected chi connectivity index (χ0v) is 10.5. The molecule has 0 unspecified atom stereocenters. The Morgan fingerprint density at radius 1 is 1.38 bits per heavy atom. The van der Waals surface area contributed by atoms with Crippen LogP contribution >= 0.6 is 11.6 Å². The maximum Gasteiger partial charge on any atom is 0.0577 e. The van der Waals surface area contributed by atoms with Crippen LogP contribution in [0, 0.1) is 12.8 Å². The number of nitrogens with two attached hydrogens (primary N) is 1. The summed E-state index contributed by atoms with van der Waals surface area (Å²) in [7, 11) is 0. The second-order valence-corrected chi connectivity index (χ2v) is 5.13. The lowest BCUT2D eigenvalue weighted by atomic mass is 10.1. The summed E-state index contributed by atoms with van der Waals surface area (Å²) < 4.78 is 0. The summed E-state index contributed by atoms with van der Waals surface area (Å²) in [6.07, 6.45) is 5.45. The average Bonchev–Trinajstić information content (AvgIpc) is 2.74. The van der Waals surface area contributed by atoms with Crippen LogP contribution in [0.4, 0.5) is 11.4 Å². The van der Waals surface area contributed by atoms with Crippen LogP contribution in [0.1, 0.15) is 31.2 Å². The van der Waals surface area contributed by atoms with E-state index < -0.39 is 0 Å². The summed E-state index contributed by atoms with van der Waals surface area (Å²) in [4.78, 5) is 0. The highest BCUT2D eigenvalue weighted by Crippen LogP contribution is 2.29. The first-order chi connectivity index (χ1) is 7.66. The van der Waals surface area contributed by atoms with E-state index in [1.165, 1.54) is 25.7 Å². The zero-order chi connectivity index (χ0) is 11.5. The van der Waals surface area contributed by atoms with Crippen molar-refractivity contribution in [3.63, 3.8) is 0 Å². The van der Waals surface area contributed by atoms with Gasteiger partial charge in [0.1, 0.15) is 0 Å². The largest absolute Gasteiger partial charge is 0.397 e. The fourth-order valence-electron chi connectivity index (χ4n) is 2.32. The van der Waals surface area contributed by atoms with Crippen LogP contribution in [0.5, 0.6) is 0 Å². The van der Waals surface area contributed by atoms with Crippen molar-refractivity contribution in [3.8, 4) is 0 Å². The third-order valence-electron chi connectivity index (χ3n) is 3.39. The van der Waals surface area contributed by atoms with Gasteiger partial charge >= 0.3 is 0 Å².